The number of hydrogen-bond donors (Lipinski definition) is 2. The van der Waals surface area contributed by atoms with Gasteiger partial charge in [-0.3, -0.25) is 0 Å². The summed E-state index contributed by atoms with van der Waals surface area (Å²) in [7, 11) is 0. The third-order valence-corrected chi connectivity index (χ3v) is 2.99. The zero-order valence-electron chi connectivity index (χ0n) is 10.9. The predicted molar refractivity (Wildman–Crippen MR) is 76.8 cm³/mol. The maximum absolute atomic E-state index is 5.73. The van der Waals surface area contributed by atoms with Crippen molar-refractivity contribution in [2.45, 2.75) is 20.3 Å². The Morgan fingerprint density at radius 3 is 2.56 bits per heavy atom. The minimum absolute atomic E-state index is 0.735. The fourth-order valence-corrected chi connectivity index (χ4v) is 1.75. The van der Waals surface area contributed by atoms with E-state index in [1.54, 1.807) is 6.20 Å². The van der Waals surface area contributed by atoms with E-state index in [1.165, 1.54) is 11.1 Å². The molecule has 0 saturated carbocycles. The normalized spacial score (nSPS) is 10.3. The molecule has 0 radical (unpaired) electrons. The number of nitrogens with one attached hydrogen (secondary N) is 1. The lowest BCUT2D eigenvalue weighted by molar-refractivity contribution is 1.00. The number of rotatable bonds is 4. The van der Waals surface area contributed by atoms with E-state index < -0.39 is 0 Å². The zero-order chi connectivity index (χ0) is 13.0. The number of anilines is 2. The van der Waals surface area contributed by atoms with Gasteiger partial charge in [-0.1, -0.05) is 29.8 Å². The summed E-state index contributed by atoms with van der Waals surface area (Å²) in [6, 6.07) is 10.6. The van der Waals surface area contributed by atoms with Gasteiger partial charge in [0.1, 0.15) is 5.82 Å². The molecule has 0 fully saturated rings. The van der Waals surface area contributed by atoms with Gasteiger partial charge in [-0.05, 0) is 37.5 Å². The Kier molecular flexibility index (Phi) is 3.82. The fraction of sp³-hybridized carbons (Fsp3) is 0.267. The van der Waals surface area contributed by atoms with Gasteiger partial charge in [0.25, 0.3) is 0 Å². The molecule has 1 aromatic heterocycles. The van der Waals surface area contributed by atoms with E-state index in [-0.39, 0.29) is 0 Å². The highest BCUT2D eigenvalue weighted by molar-refractivity contribution is 5.50. The van der Waals surface area contributed by atoms with Gasteiger partial charge in [0, 0.05) is 6.54 Å². The molecule has 3 nitrogen and oxygen atoms in total. The molecule has 18 heavy (non-hydrogen) atoms. The number of pyridine rings is 1. The molecule has 2 rings (SSSR count). The van der Waals surface area contributed by atoms with Crippen LogP contribution >= 0.6 is 0 Å². The van der Waals surface area contributed by atoms with E-state index >= 15 is 0 Å². The average molecular weight is 241 g/mol. The van der Waals surface area contributed by atoms with Crippen LogP contribution in [-0.2, 0) is 6.42 Å². The van der Waals surface area contributed by atoms with Crippen molar-refractivity contribution in [2.75, 3.05) is 17.6 Å². The standard InChI is InChI=1S/C15H19N3/c1-11-3-5-13(6-4-11)7-8-17-15-9-12(2)14(16)10-18-15/h3-6,9-10H,7-8,16H2,1-2H3,(H,17,18). The molecule has 0 amide bonds. The Morgan fingerprint density at radius 1 is 1.17 bits per heavy atom. The molecule has 94 valence electrons. The highest BCUT2D eigenvalue weighted by atomic mass is 15.0. The molecule has 0 atom stereocenters. The predicted octanol–water partition coefficient (Wildman–Crippen LogP) is 2.94. The van der Waals surface area contributed by atoms with Gasteiger partial charge in [0.05, 0.1) is 11.9 Å². The first kappa shape index (κ1) is 12.4. The monoisotopic (exact) mass is 241 g/mol. The SMILES string of the molecule is Cc1ccc(CCNc2cc(C)c(N)cn2)cc1. The topological polar surface area (TPSA) is 50.9 Å². The molecule has 0 bridgehead atoms. The van der Waals surface area contributed by atoms with Gasteiger partial charge in [-0.2, -0.15) is 0 Å². The maximum Gasteiger partial charge on any atom is 0.126 e. The quantitative estimate of drug-likeness (QED) is 0.865. The molecule has 0 aliphatic carbocycles. The van der Waals surface area contributed by atoms with Crippen LogP contribution in [-0.4, -0.2) is 11.5 Å². The van der Waals surface area contributed by atoms with Crippen molar-refractivity contribution >= 4 is 11.5 Å². The first-order chi connectivity index (χ1) is 8.65. The summed E-state index contributed by atoms with van der Waals surface area (Å²) < 4.78 is 0. The first-order valence-corrected chi connectivity index (χ1v) is 6.16. The van der Waals surface area contributed by atoms with Crippen molar-refractivity contribution in [3.8, 4) is 0 Å². The van der Waals surface area contributed by atoms with Gasteiger partial charge in [-0.25, -0.2) is 4.98 Å². The van der Waals surface area contributed by atoms with E-state index in [9.17, 15) is 0 Å². The van der Waals surface area contributed by atoms with Crippen LogP contribution in [0, 0.1) is 13.8 Å². The molecule has 0 aliphatic rings. The summed E-state index contributed by atoms with van der Waals surface area (Å²) in [4.78, 5) is 4.25. The zero-order valence-corrected chi connectivity index (χ0v) is 10.9. The van der Waals surface area contributed by atoms with Crippen LogP contribution in [0.15, 0.2) is 36.5 Å². The molecule has 3 heteroatoms. The lowest BCUT2D eigenvalue weighted by Crippen LogP contribution is -2.07. The molecular formula is C15H19N3. The molecule has 0 unspecified atom stereocenters. The Morgan fingerprint density at radius 2 is 1.89 bits per heavy atom. The molecule has 2 aromatic rings. The van der Waals surface area contributed by atoms with Crippen molar-refractivity contribution in [2.24, 2.45) is 0 Å². The lowest BCUT2D eigenvalue weighted by atomic mass is 10.1. The second-order valence-corrected chi connectivity index (χ2v) is 4.59. The number of aromatic nitrogens is 1. The first-order valence-electron chi connectivity index (χ1n) is 6.16. The molecule has 0 spiro atoms. The number of aryl methyl sites for hydroxylation is 2. The Bertz CT molecular complexity index is 518. The summed E-state index contributed by atoms with van der Waals surface area (Å²) in [5, 5.41) is 3.31. The third kappa shape index (κ3) is 3.23. The summed E-state index contributed by atoms with van der Waals surface area (Å²) in [6.45, 7) is 4.96. The van der Waals surface area contributed by atoms with Crippen molar-refractivity contribution in [3.05, 3.63) is 53.2 Å². The van der Waals surface area contributed by atoms with Gasteiger partial charge in [0.2, 0.25) is 0 Å². The smallest absolute Gasteiger partial charge is 0.126 e. The summed E-state index contributed by atoms with van der Waals surface area (Å²) >= 11 is 0. The number of nitrogen functional groups attached to an aromatic ring is 1. The van der Waals surface area contributed by atoms with Crippen LogP contribution in [0.2, 0.25) is 0 Å². The van der Waals surface area contributed by atoms with E-state index in [4.69, 9.17) is 5.73 Å². The summed E-state index contributed by atoms with van der Waals surface area (Å²) in [5.41, 5.74) is 10.2. The highest BCUT2D eigenvalue weighted by Crippen LogP contribution is 2.13. The van der Waals surface area contributed by atoms with Gasteiger partial charge < -0.3 is 11.1 Å². The van der Waals surface area contributed by atoms with Crippen molar-refractivity contribution in [1.29, 1.82) is 0 Å². The minimum Gasteiger partial charge on any atom is -0.397 e. The van der Waals surface area contributed by atoms with Crippen LogP contribution in [0.3, 0.4) is 0 Å². The van der Waals surface area contributed by atoms with E-state index in [0.29, 0.717) is 0 Å². The summed E-state index contributed by atoms with van der Waals surface area (Å²) in [5.74, 6) is 0.883. The van der Waals surface area contributed by atoms with E-state index in [2.05, 4.69) is 41.5 Å². The maximum atomic E-state index is 5.73. The fourth-order valence-electron chi connectivity index (χ4n) is 1.75. The largest absolute Gasteiger partial charge is 0.397 e. The molecule has 0 aliphatic heterocycles. The van der Waals surface area contributed by atoms with Gasteiger partial charge in [0.15, 0.2) is 0 Å². The molecule has 1 heterocycles. The number of benzene rings is 1. The Balaban J connectivity index is 1.88. The average Bonchev–Trinajstić information content (AvgIpc) is 2.36. The van der Waals surface area contributed by atoms with Crippen LogP contribution in [0.1, 0.15) is 16.7 Å². The number of hydrogen-bond acceptors (Lipinski definition) is 3. The van der Waals surface area contributed by atoms with E-state index in [0.717, 1.165) is 30.0 Å². The van der Waals surface area contributed by atoms with Crippen molar-refractivity contribution in [3.63, 3.8) is 0 Å². The third-order valence-electron chi connectivity index (χ3n) is 2.99. The second kappa shape index (κ2) is 5.54. The number of nitrogens with two attached hydrogens (primary N) is 1. The van der Waals surface area contributed by atoms with Crippen molar-refractivity contribution in [1.82, 2.24) is 4.98 Å². The molecule has 1 aromatic carbocycles. The minimum atomic E-state index is 0.735. The molecule has 3 N–H and O–H groups in total. The van der Waals surface area contributed by atoms with Crippen LogP contribution < -0.4 is 11.1 Å². The van der Waals surface area contributed by atoms with Crippen LogP contribution in [0.4, 0.5) is 11.5 Å². The van der Waals surface area contributed by atoms with Crippen molar-refractivity contribution < 1.29 is 0 Å². The Labute approximate surface area is 108 Å². The van der Waals surface area contributed by atoms with Crippen LogP contribution in [0.5, 0.6) is 0 Å². The highest BCUT2D eigenvalue weighted by Gasteiger charge is 1.98. The van der Waals surface area contributed by atoms with Crippen LogP contribution in [0.25, 0.3) is 0 Å². The second-order valence-electron chi connectivity index (χ2n) is 4.59. The van der Waals surface area contributed by atoms with E-state index in [1.807, 2.05) is 13.0 Å². The summed E-state index contributed by atoms with van der Waals surface area (Å²) in [6.07, 6.45) is 2.69. The van der Waals surface area contributed by atoms with Gasteiger partial charge in [-0.15, -0.1) is 0 Å². The Hall–Kier alpha value is -2.03. The number of nitrogens with zero attached hydrogens (tertiary/aromatic N) is 1. The van der Waals surface area contributed by atoms with Gasteiger partial charge >= 0.3 is 0 Å². The molecule has 0 saturated heterocycles. The lowest BCUT2D eigenvalue weighted by Gasteiger charge is -2.07. The molecular weight excluding hydrogens is 222 g/mol.